The molecule has 0 atom stereocenters. The zero-order valence-corrected chi connectivity index (χ0v) is 11.5. The quantitative estimate of drug-likeness (QED) is 0.872. The summed E-state index contributed by atoms with van der Waals surface area (Å²) in [6.45, 7) is 0.856. The van der Waals surface area contributed by atoms with Gasteiger partial charge in [0, 0.05) is 29.3 Å². The predicted molar refractivity (Wildman–Crippen MR) is 72.9 cm³/mol. The van der Waals surface area contributed by atoms with Gasteiger partial charge in [-0.05, 0) is 52.9 Å². The third-order valence-electron chi connectivity index (χ3n) is 3.35. The number of nitrogens with zero attached hydrogens (tertiary/aromatic N) is 1. The molecule has 3 nitrogen and oxygen atoms in total. The van der Waals surface area contributed by atoms with Gasteiger partial charge in [0.1, 0.15) is 0 Å². The number of benzene rings is 1. The number of nitrogen functional groups attached to an aromatic ring is 1. The van der Waals surface area contributed by atoms with Crippen molar-refractivity contribution in [2.24, 2.45) is 5.92 Å². The van der Waals surface area contributed by atoms with Crippen molar-refractivity contribution in [2.45, 2.75) is 19.3 Å². The average molecular weight is 297 g/mol. The van der Waals surface area contributed by atoms with E-state index in [2.05, 4.69) is 15.9 Å². The Bertz CT molecular complexity index is 429. The Morgan fingerprint density at radius 1 is 1.53 bits per heavy atom. The predicted octanol–water partition coefficient (Wildman–Crippen LogP) is 2.90. The lowest BCUT2D eigenvalue weighted by molar-refractivity contribution is 0.0745. The van der Waals surface area contributed by atoms with E-state index < -0.39 is 0 Å². The van der Waals surface area contributed by atoms with E-state index in [9.17, 15) is 4.79 Å². The van der Waals surface area contributed by atoms with Crippen LogP contribution in [0.15, 0.2) is 22.7 Å². The van der Waals surface area contributed by atoms with Crippen molar-refractivity contribution in [3.05, 3.63) is 28.2 Å². The van der Waals surface area contributed by atoms with Crippen LogP contribution in [0, 0.1) is 5.92 Å². The molecule has 1 fully saturated rings. The normalized spacial score (nSPS) is 15.4. The van der Waals surface area contributed by atoms with Gasteiger partial charge in [0.15, 0.2) is 0 Å². The number of amides is 1. The summed E-state index contributed by atoms with van der Waals surface area (Å²) in [7, 11) is 1.86. The lowest BCUT2D eigenvalue weighted by atomic mass is 9.85. The monoisotopic (exact) mass is 296 g/mol. The molecule has 0 radical (unpaired) electrons. The van der Waals surface area contributed by atoms with E-state index in [1.165, 1.54) is 19.3 Å². The number of nitrogens with two attached hydrogens (primary N) is 1. The molecule has 0 heterocycles. The fourth-order valence-electron chi connectivity index (χ4n) is 2.04. The molecule has 4 heteroatoms. The molecule has 1 aromatic carbocycles. The second-order valence-electron chi connectivity index (χ2n) is 4.72. The molecule has 0 aromatic heterocycles. The summed E-state index contributed by atoms with van der Waals surface area (Å²) in [6, 6.07) is 5.35. The van der Waals surface area contributed by atoms with Crippen molar-refractivity contribution in [3.8, 4) is 0 Å². The summed E-state index contributed by atoms with van der Waals surface area (Å²) in [4.78, 5) is 13.9. The van der Waals surface area contributed by atoms with Crippen LogP contribution in [0.3, 0.4) is 0 Å². The highest BCUT2D eigenvalue weighted by Crippen LogP contribution is 2.27. The zero-order chi connectivity index (χ0) is 12.4. The van der Waals surface area contributed by atoms with Crippen molar-refractivity contribution < 1.29 is 4.79 Å². The fraction of sp³-hybridized carbons (Fsp3) is 0.462. The fourth-order valence-corrected chi connectivity index (χ4v) is 2.29. The second-order valence-corrected chi connectivity index (χ2v) is 5.57. The summed E-state index contributed by atoms with van der Waals surface area (Å²) in [5.41, 5.74) is 7.04. The molecule has 2 N–H and O–H groups in total. The van der Waals surface area contributed by atoms with E-state index in [1.807, 2.05) is 13.1 Å². The highest BCUT2D eigenvalue weighted by atomic mass is 79.9. The van der Waals surface area contributed by atoms with Crippen LogP contribution in [0.1, 0.15) is 29.6 Å². The van der Waals surface area contributed by atoms with Gasteiger partial charge in [-0.3, -0.25) is 4.79 Å². The maximum Gasteiger partial charge on any atom is 0.253 e. The molecule has 0 saturated heterocycles. The van der Waals surface area contributed by atoms with E-state index in [-0.39, 0.29) is 5.91 Å². The van der Waals surface area contributed by atoms with Crippen molar-refractivity contribution in [1.82, 2.24) is 4.90 Å². The summed E-state index contributed by atoms with van der Waals surface area (Å²) in [5, 5.41) is 0. The van der Waals surface area contributed by atoms with E-state index >= 15 is 0 Å². The number of carbonyl (C=O) groups is 1. The Labute approximate surface area is 110 Å². The Hall–Kier alpha value is -1.03. The van der Waals surface area contributed by atoms with Gasteiger partial charge in [-0.25, -0.2) is 0 Å². The van der Waals surface area contributed by atoms with E-state index in [1.54, 1.807) is 17.0 Å². The third kappa shape index (κ3) is 2.80. The minimum atomic E-state index is 0.0519. The lowest BCUT2D eigenvalue weighted by Gasteiger charge is -2.30. The number of hydrogen-bond acceptors (Lipinski definition) is 2. The van der Waals surface area contributed by atoms with E-state index in [4.69, 9.17) is 5.73 Å². The van der Waals surface area contributed by atoms with Gasteiger partial charge >= 0.3 is 0 Å². The van der Waals surface area contributed by atoms with Crippen LogP contribution in [0.2, 0.25) is 0 Å². The van der Waals surface area contributed by atoms with Crippen LogP contribution < -0.4 is 5.73 Å². The van der Waals surface area contributed by atoms with Gasteiger partial charge in [0.25, 0.3) is 5.91 Å². The largest absolute Gasteiger partial charge is 0.398 e. The highest BCUT2D eigenvalue weighted by Gasteiger charge is 2.22. The van der Waals surface area contributed by atoms with Crippen LogP contribution in [0.5, 0.6) is 0 Å². The first-order valence-corrected chi connectivity index (χ1v) is 6.67. The zero-order valence-electron chi connectivity index (χ0n) is 9.95. The minimum Gasteiger partial charge on any atom is -0.398 e. The molecule has 1 amide bonds. The van der Waals surface area contributed by atoms with Gasteiger partial charge in [0.2, 0.25) is 0 Å². The van der Waals surface area contributed by atoms with Crippen LogP contribution in [-0.2, 0) is 0 Å². The van der Waals surface area contributed by atoms with Crippen LogP contribution in [-0.4, -0.2) is 24.4 Å². The van der Waals surface area contributed by atoms with Gasteiger partial charge in [0.05, 0.1) is 0 Å². The number of halogens is 1. The topological polar surface area (TPSA) is 46.3 Å². The maximum atomic E-state index is 12.1. The molecule has 1 aromatic rings. The maximum absolute atomic E-state index is 12.1. The molecular formula is C13H17BrN2O. The summed E-state index contributed by atoms with van der Waals surface area (Å²) in [6.07, 6.45) is 3.80. The minimum absolute atomic E-state index is 0.0519. The molecular weight excluding hydrogens is 280 g/mol. The van der Waals surface area contributed by atoms with Gasteiger partial charge in [-0.2, -0.15) is 0 Å². The highest BCUT2D eigenvalue weighted by molar-refractivity contribution is 9.10. The third-order valence-corrected chi connectivity index (χ3v) is 4.07. The smallest absolute Gasteiger partial charge is 0.253 e. The van der Waals surface area contributed by atoms with E-state index in [0.717, 1.165) is 11.0 Å². The Morgan fingerprint density at radius 3 is 2.76 bits per heavy atom. The molecule has 17 heavy (non-hydrogen) atoms. The van der Waals surface area contributed by atoms with Crippen molar-refractivity contribution in [3.63, 3.8) is 0 Å². The first-order valence-electron chi connectivity index (χ1n) is 5.88. The molecule has 0 aliphatic heterocycles. The van der Waals surface area contributed by atoms with Crippen LogP contribution in [0.25, 0.3) is 0 Å². The SMILES string of the molecule is CN(CC1CCC1)C(=O)c1ccc(Br)c(N)c1. The molecule has 1 saturated carbocycles. The first kappa shape index (κ1) is 12.4. The Morgan fingerprint density at radius 2 is 2.24 bits per heavy atom. The lowest BCUT2D eigenvalue weighted by Crippen LogP contribution is -2.34. The second kappa shape index (κ2) is 5.08. The molecule has 0 spiro atoms. The number of rotatable bonds is 3. The Kier molecular flexibility index (Phi) is 3.72. The number of hydrogen-bond donors (Lipinski definition) is 1. The Balaban J connectivity index is 2.04. The molecule has 1 aliphatic carbocycles. The average Bonchev–Trinajstić information content (AvgIpc) is 2.26. The van der Waals surface area contributed by atoms with Gasteiger partial charge < -0.3 is 10.6 Å². The first-order chi connectivity index (χ1) is 8.08. The molecule has 0 bridgehead atoms. The van der Waals surface area contributed by atoms with Crippen molar-refractivity contribution in [1.29, 1.82) is 0 Å². The molecule has 1 aliphatic rings. The molecule has 2 rings (SSSR count). The van der Waals surface area contributed by atoms with Crippen LogP contribution >= 0.6 is 15.9 Å². The summed E-state index contributed by atoms with van der Waals surface area (Å²) in [5.74, 6) is 0.743. The number of anilines is 1. The van der Waals surface area contributed by atoms with Crippen molar-refractivity contribution >= 4 is 27.5 Å². The van der Waals surface area contributed by atoms with Crippen molar-refractivity contribution in [2.75, 3.05) is 19.3 Å². The number of carbonyl (C=O) groups excluding carboxylic acids is 1. The summed E-state index contributed by atoms with van der Waals surface area (Å²) >= 11 is 3.33. The summed E-state index contributed by atoms with van der Waals surface area (Å²) < 4.78 is 0.829. The molecule has 0 unspecified atom stereocenters. The van der Waals surface area contributed by atoms with Crippen LogP contribution in [0.4, 0.5) is 5.69 Å². The standard InChI is InChI=1S/C13H17BrN2O/c1-16(8-9-3-2-4-9)13(17)10-5-6-11(14)12(15)7-10/h5-7,9H,2-4,8,15H2,1H3. The van der Waals surface area contributed by atoms with E-state index in [0.29, 0.717) is 17.2 Å². The van der Waals surface area contributed by atoms with Gasteiger partial charge in [-0.1, -0.05) is 6.42 Å². The molecule has 92 valence electrons. The van der Waals surface area contributed by atoms with Gasteiger partial charge in [-0.15, -0.1) is 0 Å².